The molecule has 1 amide bonds. The van der Waals surface area contributed by atoms with E-state index in [1.807, 2.05) is 45.2 Å². The van der Waals surface area contributed by atoms with E-state index in [0.717, 1.165) is 16.6 Å². The van der Waals surface area contributed by atoms with E-state index in [4.69, 9.17) is 10.7 Å². The summed E-state index contributed by atoms with van der Waals surface area (Å²) in [6.45, 7) is 7.02. The minimum atomic E-state index is -0.475. The average molecular weight is 579 g/mol. The Labute approximate surface area is 247 Å². The molecule has 13 heteroatoms. The number of aliphatic hydroxyl groups is 1. The first-order chi connectivity index (χ1) is 20.6. The van der Waals surface area contributed by atoms with Gasteiger partial charge in [-0.05, 0) is 63.1 Å². The van der Waals surface area contributed by atoms with Crippen LogP contribution < -0.4 is 16.4 Å². The summed E-state index contributed by atoms with van der Waals surface area (Å²) in [5, 5.41) is 40.4. The number of nitrogens with zero attached hydrogens (tertiary/aromatic N) is 7. The number of amides is 1. The molecule has 0 aliphatic carbocycles. The number of aromatic nitrogens is 6. The van der Waals surface area contributed by atoms with Crippen molar-refractivity contribution in [2.75, 3.05) is 11.1 Å². The number of nitrogens with two attached hydrogens (primary N) is 1. The van der Waals surface area contributed by atoms with Crippen LogP contribution in [0.3, 0.4) is 0 Å². The number of nitrogens with one attached hydrogen (secondary N) is 2. The van der Waals surface area contributed by atoms with Gasteiger partial charge < -0.3 is 26.6 Å². The van der Waals surface area contributed by atoms with Crippen molar-refractivity contribution in [1.82, 2.24) is 34.9 Å². The number of pyridine rings is 1. The van der Waals surface area contributed by atoms with Gasteiger partial charge in [-0.3, -0.25) is 9.78 Å². The fourth-order valence-electron chi connectivity index (χ4n) is 4.81. The van der Waals surface area contributed by atoms with Gasteiger partial charge in [-0.2, -0.15) is 10.4 Å². The molecule has 1 aromatic carbocycles. The van der Waals surface area contributed by atoms with Crippen LogP contribution in [0.1, 0.15) is 62.7 Å². The van der Waals surface area contributed by atoms with Gasteiger partial charge in [0.15, 0.2) is 5.82 Å². The Bertz CT molecular complexity index is 1910. The summed E-state index contributed by atoms with van der Waals surface area (Å²) in [4.78, 5) is 30.3. The Morgan fingerprint density at radius 1 is 1.19 bits per heavy atom. The lowest BCUT2D eigenvalue weighted by atomic mass is 10.0. The van der Waals surface area contributed by atoms with Crippen LogP contribution in [-0.4, -0.2) is 45.7 Å². The lowest BCUT2D eigenvalue weighted by molar-refractivity contribution is 0.0950. The van der Waals surface area contributed by atoms with Gasteiger partial charge in [0.1, 0.15) is 35.3 Å². The zero-order valence-corrected chi connectivity index (χ0v) is 24.0. The molecule has 0 saturated carbocycles. The van der Waals surface area contributed by atoms with Crippen molar-refractivity contribution in [3.63, 3.8) is 0 Å². The number of fused-ring (bicyclic) bond motifs is 1. The first kappa shape index (κ1) is 28.9. The number of nitrogen functional groups attached to an aromatic ring is 1. The number of aromatic hydroxyl groups is 1. The van der Waals surface area contributed by atoms with E-state index in [0.29, 0.717) is 39.5 Å². The minimum absolute atomic E-state index is 0.00827. The van der Waals surface area contributed by atoms with Crippen LogP contribution in [0.25, 0.3) is 16.8 Å². The number of aliphatic hydroxyl groups excluding tert-OH is 1. The molecule has 43 heavy (non-hydrogen) atoms. The maximum Gasteiger partial charge on any atom is 0.251 e. The molecular formula is C30H30N10O3. The van der Waals surface area contributed by atoms with E-state index in [1.165, 1.54) is 12.5 Å². The molecule has 1 atom stereocenters. The normalized spacial score (nSPS) is 11.7. The van der Waals surface area contributed by atoms with Gasteiger partial charge in [-0.25, -0.2) is 19.5 Å². The number of rotatable bonds is 8. The topological polar surface area (TPSA) is 200 Å². The van der Waals surface area contributed by atoms with Crippen LogP contribution in [0.4, 0.5) is 11.6 Å². The van der Waals surface area contributed by atoms with Gasteiger partial charge >= 0.3 is 0 Å². The summed E-state index contributed by atoms with van der Waals surface area (Å²) >= 11 is 0. The van der Waals surface area contributed by atoms with Crippen LogP contribution in [-0.2, 0) is 13.2 Å². The molecule has 5 aromatic rings. The van der Waals surface area contributed by atoms with Crippen molar-refractivity contribution >= 4 is 23.1 Å². The SMILES string of the molecule is Cc1cc(C(=O)NCc2c(CO)cnc(C)c2O)cc(-c2nc(C(C)Nc3ncnc(N)c3C#N)nn3ccc(C)c23)c1. The number of benzene rings is 1. The van der Waals surface area contributed by atoms with Crippen molar-refractivity contribution in [2.24, 2.45) is 0 Å². The molecule has 218 valence electrons. The second-order valence-corrected chi connectivity index (χ2v) is 10.2. The Morgan fingerprint density at radius 2 is 1.98 bits per heavy atom. The second-order valence-electron chi connectivity index (χ2n) is 10.2. The number of anilines is 2. The Hall–Kier alpha value is -5.61. The molecular weight excluding hydrogens is 548 g/mol. The molecule has 0 radical (unpaired) electrons. The van der Waals surface area contributed by atoms with Gasteiger partial charge in [-0.1, -0.05) is 0 Å². The van der Waals surface area contributed by atoms with E-state index in [2.05, 4.69) is 30.7 Å². The molecule has 0 aliphatic heterocycles. The lowest BCUT2D eigenvalue weighted by Crippen LogP contribution is -2.24. The summed E-state index contributed by atoms with van der Waals surface area (Å²) in [6, 6.07) is 8.93. The van der Waals surface area contributed by atoms with E-state index < -0.39 is 6.04 Å². The first-order valence-electron chi connectivity index (χ1n) is 13.4. The predicted molar refractivity (Wildman–Crippen MR) is 159 cm³/mol. The third-order valence-electron chi connectivity index (χ3n) is 7.10. The van der Waals surface area contributed by atoms with Gasteiger partial charge in [0.25, 0.3) is 5.91 Å². The highest BCUT2D eigenvalue weighted by atomic mass is 16.3. The fraction of sp³-hybridized carbons (Fsp3) is 0.233. The molecule has 6 N–H and O–H groups in total. The van der Waals surface area contributed by atoms with Crippen LogP contribution in [0.2, 0.25) is 0 Å². The third-order valence-corrected chi connectivity index (χ3v) is 7.10. The Morgan fingerprint density at radius 3 is 2.72 bits per heavy atom. The highest BCUT2D eigenvalue weighted by Crippen LogP contribution is 2.30. The van der Waals surface area contributed by atoms with Gasteiger partial charge in [-0.15, -0.1) is 0 Å². The predicted octanol–water partition coefficient (Wildman–Crippen LogP) is 3.26. The summed E-state index contributed by atoms with van der Waals surface area (Å²) in [5.41, 5.74) is 11.5. The number of carbonyl (C=O) groups excluding carboxylic acids is 1. The molecule has 4 aromatic heterocycles. The molecule has 0 aliphatic rings. The molecule has 0 bridgehead atoms. The summed E-state index contributed by atoms with van der Waals surface area (Å²) in [6.07, 6.45) is 4.59. The van der Waals surface area contributed by atoms with E-state index in [1.54, 1.807) is 23.6 Å². The molecule has 0 fully saturated rings. The molecule has 13 nitrogen and oxygen atoms in total. The maximum atomic E-state index is 13.3. The first-order valence-corrected chi connectivity index (χ1v) is 13.4. The largest absolute Gasteiger partial charge is 0.506 e. The fourth-order valence-corrected chi connectivity index (χ4v) is 4.81. The van der Waals surface area contributed by atoms with Crippen LogP contribution in [0.5, 0.6) is 5.75 Å². The van der Waals surface area contributed by atoms with Crippen molar-refractivity contribution in [3.05, 3.63) is 87.9 Å². The standard InChI is InChI=1S/C30H30N10O3/c1-15-7-19(9-20(8-15)30(43)34-12-23-21(13-41)11-33-17(3)26(23)42)24-25-16(2)5-6-40(25)39-28(38-24)18(4)37-29-22(10-31)27(32)35-14-36-29/h5-9,11,14,18,41-42H,12-13H2,1-4H3,(H,34,43)(H3,32,35,36,37). The molecule has 5 rings (SSSR count). The minimum Gasteiger partial charge on any atom is -0.506 e. The second kappa shape index (κ2) is 11.7. The van der Waals surface area contributed by atoms with E-state index >= 15 is 0 Å². The number of hydrogen-bond acceptors (Lipinski definition) is 11. The van der Waals surface area contributed by atoms with Crippen LogP contribution >= 0.6 is 0 Å². The highest BCUT2D eigenvalue weighted by Gasteiger charge is 2.20. The Kier molecular flexibility index (Phi) is 7.87. The monoisotopic (exact) mass is 578 g/mol. The van der Waals surface area contributed by atoms with Crippen LogP contribution in [0, 0.1) is 32.1 Å². The molecule has 0 spiro atoms. The quantitative estimate of drug-likeness (QED) is 0.181. The van der Waals surface area contributed by atoms with Crippen molar-refractivity contribution in [2.45, 2.75) is 46.9 Å². The molecule has 4 heterocycles. The van der Waals surface area contributed by atoms with Crippen molar-refractivity contribution in [1.29, 1.82) is 5.26 Å². The zero-order valence-electron chi connectivity index (χ0n) is 24.0. The number of carbonyl (C=O) groups is 1. The lowest BCUT2D eigenvalue weighted by Gasteiger charge is -2.17. The number of aryl methyl sites for hydroxylation is 3. The third kappa shape index (κ3) is 5.64. The smallest absolute Gasteiger partial charge is 0.251 e. The van der Waals surface area contributed by atoms with E-state index in [-0.39, 0.29) is 42.0 Å². The van der Waals surface area contributed by atoms with Crippen LogP contribution in [0.15, 0.2) is 43.0 Å². The van der Waals surface area contributed by atoms with Crippen molar-refractivity contribution < 1.29 is 15.0 Å². The zero-order chi connectivity index (χ0) is 30.8. The highest BCUT2D eigenvalue weighted by molar-refractivity contribution is 5.96. The van der Waals surface area contributed by atoms with Crippen molar-refractivity contribution in [3.8, 4) is 23.1 Å². The average Bonchev–Trinajstić information content (AvgIpc) is 3.37. The van der Waals surface area contributed by atoms with Gasteiger partial charge in [0.2, 0.25) is 0 Å². The van der Waals surface area contributed by atoms with E-state index in [9.17, 15) is 20.3 Å². The molecule has 1 unspecified atom stereocenters. The molecule has 0 saturated heterocycles. The van der Waals surface area contributed by atoms with Gasteiger partial charge in [0.05, 0.1) is 29.6 Å². The Balaban J connectivity index is 1.50. The van der Waals surface area contributed by atoms with Gasteiger partial charge in [0, 0.05) is 41.2 Å². The summed E-state index contributed by atoms with van der Waals surface area (Å²) in [7, 11) is 0. The summed E-state index contributed by atoms with van der Waals surface area (Å²) < 4.78 is 1.73. The number of nitriles is 1. The number of hydrogen-bond donors (Lipinski definition) is 5. The maximum absolute atomic E-state index is 13.3. The summed E-state index contributed by atoms with van der Waals surface area (Å²) in [5.74, 6) is 0.335.